The Kier molecular flexibility index (Phi) is 5.42. The highest BCUT2D eigenvalue weighted by Gasteiger charge is 2.45. The second kappa shape index (κ2) is 6.60. The van der Waals surface area contributed by atoms with Crippen molar-refractivity contribution in [3.8, 4) is 0 Å². The summed E-state index contributed by atoms with van der Waals surface area (Å²) in [5.74, 6) is -0.411. The first kappa shape index (κ1) is 14.8. The molecule has 18 heavy (non-hydrogen) atoms. The van der Waals surface area contributed by atoms with Crippen LogP contribution in [0.4, 0.5) is 0 Å². The van der Waals surface area contributed by atoms with Gasteiger partial charge < -0.3 is 29.8 Å². The summed E-state index contributed by atoms with van der Waals surface area (Å²) < 4.78 is 10.4. The Bertz CT molecular complexity index is 321. The van der Waals surface area contributed by atoms with E-state index in [4.69, 9.17) is 9.47 Å². The summed E-state index contributed by atoms with van der Waals surface area (Å²) in [4.78, 5) is 21.7. The first-order valence-electron chi connectivity index (χ1n) is 5.47. The number of aldehydes is 1. The molecular weight excluding hydrogens is 242 g/mol. The molecule has 1 fully saturated rings. The van der Waals surface area contributed by atoms with Crippen LogP contribution in [-0.2, 0) is 19.1 Å². The average molecular weight is 259 g/mol. The fourth-order valence-corrected chi connectivity index (χ4v) is 1.69. The molecule has 7 nitrogen and oxygen atoms in total. The van der Waals surface area contributed by atoms with Crippen LogP contribution in [0.25, 0.3) is 0 Å². The molecule has 0 aromatic carbocycles. The molecule has 1 aliphatic heterocycles. The molecule has 1 aliphatic rings. The maximum absolute atomic E-state index is 11.0. The van der Waals surface area contributed by atoms with E-state index >= 15 is 0 Å². The largest absolute Gasteiger partial charge is 0.388 e. The number of carbonyl (C=O) groups excluding carboxylic acids is 2. The van der Waals surface area contributed by atoms with Crippen LogP contribution in [-0.4, -0.2) is 59.7 Å². The molecular formula is C11H17NO6. The number of aliphatic hydroxyl groups is 2. The van der Waals surface area contributed by atoms with Crippen LogP contribution in [0, 0.1) is 0 Å². The molecule has 0 aliphatic carbocycles. The minimum atomic E-state index is -1.41. The average Bonchev–Trinajstić information content (AvgIpc) is 2.33. The summed E-state index contributed by atoms with van der Waals surface area (Å²) in [6.07, 6.45) is -3.15. The number of hydrogen-bond acceptors (Lipinski definition) is 6. The van der Waals surface area contributed by atoms with Gasteiger partial charge in [0.2, 0.25) is 5.91 Å². The maximum atomic E-state index is 11.0. The van der Waals surface area contributed by atoms with Crippen LogP contribution >= 0.6 is 0 Å². The fourth-order valence-electron chi connectivity index (χ4n) is 1.69. The molecule has 3 N–H and O–H groups in total. The summed E-state index contributed by atoms with van der Waals surface area (Å²) in [6.45, 7) is 4.83. The zero-order valence-corrected chi connectivity index (χ0v) is 9.98. The van der Waals surface area contributed by atoms with Crippen molar-refractivity contribution in [2.24, 2.45) is 0 Å². The predicted octanol–water partition coefficient (Wildman–Crippen LogP) is -1.66. The standard InChI is InChI=1S/C11H17NO6/c1-3-4-17-11-8(12-6(2)14)10(16)9(15)7(5-13)18-11/h3,5,7-11,15-16H,1,4H2,2H3,(H,12,14)/t7-,8-,9-,10-,11-/m1/s1. The third-order valence-corrected chi connectivity index (χ3v) is 2.52. The highest BCUT2D eigenvalue weighted by atomic mass is 16.7. The highest BCUT2D eigenvalue weighted by Crippen LogP contribution is 2.21. The van der Waals surface area contributed by atoms with Gasteiger partial charge in [0.05, 0.1) is 6.61 Å². The van der Waals surface area contributed by atoms with E-state index in [0.29, 0.717) is 6.29 Å². The molecule has 0 spiro atoms. The number of rotatable bonds is 5. The monoisotopic (exact) mass is 259 g/mol. The number of carbonyl (C=O) groups is 2. The van der Waals surface area contributed by atoms with Crippen LogP contribution in [0.2, 0.25) is 0 Å². The summed E-state index contributed by atoms with van der Waals surface area (Å²) in [6, 6.07) is -0.950. The van der Waals surface area contributed by atoms with Gasteiger partial charge in [-0.25, -0.2) is 0 Å². The molecule has 1 amide bonds. The third kappa shape index (κ3) is 3.36. The van der Waals surface area contributed by atoms with Crippen molar-refractivity contribution < 1.29 is 29.3 Å². The van der Waals surface area contributed by atoms with Gasteiger partial charge in [-0.1, -0.05) is 6.08 Å². The minimum absolute atomic E-state index is 0.120. The van der Waals surface area contributed by atoms with Gasteiger partial charge in [0, 0.05) is 6.92 Å². The zero-order valence-electron chi connectivity index (χ0n) is 9.98. The fraction of sp³-hybridized carbons (Fsp3) is 0.636. The molecule has 0 radical (unpaired) electrons. The molecule has 0 unspecified atom stereocenters. The number of hydrogen-bond donors (Lipinski definition) is 3. The Morgan fingerprint density at radius 1 is 1.50 bits per heavy atom. The number of nitrogens with one attached hydrogen (secondary N) is 1. The Balaban J connectivity index is 2.82. The van der Waals surface area contributed by atoms with Gasteiger partial charge in [0.1, 0.15) is 24.4 Å². The normalized spacial score (nSPS) is 35.8. The maximum Gasteiger partial charge on any atom is 0.217 e. The third-order valence-electron chi connectivity index (χ3n) is 2.52. The summed E-state index contributed by atoms with van der Waals surface area (Å²) >= 11 is 0. The topological polar surface area (TPSA) is 105 Å². The van der Waals surface area contributed by atoms with E-state index in [1.165, 1.54) is 13.0 Å². The van der Waals surface area contributed by atoms with E-state index in [9.17, 15) is 19.8 Å². The first-order valence-corrected chi connectivity index (χ1v) is 5.47. The predicted molar refractivity (Wildman–Crippen MR) is 60.5 cm³/mol. The van der Waals surface area contributed by atoms with Crippen LogP contribution in [0.3, 0.4) is 0 Å². The minimum Gasteiger partial charge on any atom is -0.388 e. The molecule has 7 heteroatoms. The molecule has 102 valence electrons. The second-order valence-corrected chi connectivity index (χ2v) is 3.93. The molecule has 0 aromatic heterocycles. The smallest absolute Gasteiger partial charge is 0.217 e. The van der Waals surface area contributed by atoms with E-state index in [1.54, 1.807) is 0 Å². The molecule has 0 aromatic rings. The quantitative estimate of drug-likeness (QED) is 0.403. The van der Waals surface area contributed by atoms with Gasteiger partial charge in [-0.3, -0.25) is 4.79 Å². The van der Waals surface area contributed by atoms with Crippen molar-refractivity contribution in [1.82, 2.24) is 5.32 Å². The summed E-state index contributed by atoms with van der Waals surface area (Å²) in [5.41, 5.74) is 0. The van der Waals surface area contributed by atoms with E-state index in [-0.39, 0.29) is 6.61 Å². The zero-order chi connectivity index (χ0) is 13.7. The van der Waals surface area contributed by atoms with Crippen LogP contribution in [0.1, 0.15) is 6.92 Å². The lowest BCUT2D eigenvalue weighted by molar-refractivity contribution is -0.252. The van der Waals surface area contributed by atoms with Gasteiger partial charge in [0.25, 0.3) is 0 Å². The molecule has 5 atom stereocenters. The van der Waals surface area contributed by atoms with Gasteiger partial charge >= 0.3 is 0 Å². The second-order valence-electron chi connectivity index (χ2n) is 3.93. The Morgan fingerprint density at radius 2 is 2.17 bits per heavy atom. The van der Waals surface area contributed by atoms with Crippen LogP contribution in [0.5, 0.6) is 0 Å². The lowest BCUT2D eigenvalue weighted by atomic mass is 9.97. The van der Waals surface area contributed by atoms with Crippen LogP contribution < -0.4 is 5.32 Å². The molecule has 1 rings (SSSR count). The number of aliphatic hydroxyl groups excluding tert-OH is 2. The Labute approximate surface area is 104 Å². The van der Waals surface area contributed by atoms with Crippen molar-refractivity contribution in [1.29, 1.82) is 0 Å². The lowest BCUT2D eigenvalue weighted by Gasteiger charge is -2.40. The molecule has 1 saturated heterocycles. The summed E-state index contributed by atoms with van der Waals surface area (Å²) in [7, 11) is 0. The van der Waals surface area contributed by atoms with Crippen molar-refractivity contribution in [3.63, 3.8) is 0 Å². The number of amides is 1. The van der Waals surface area contributed by atoms with Crippen molar-refractivity contribution >= 4 is 12.2 Å². The van der Waals surface area contributed by atoms with Crippen molar-refractivity contribution in [2.75, 3.05) is 6.61 Å². The van der Waals surface area contributed by atoms with E-state index < -0.39 is 36.6 Å². The lowest BCUT2D eigenvalue weighted by Crippen LogP contribution is -2.64. The van der Waals surface area contributed by atoms with Gasteiger partial charge in [-0.05, 0) is 0 Å². The van der Waals surface area contributed by atoms with Gasteiger partial charge in [0.15, 0.2) is 12.6 Å². The molecule has 0 bridgehead atoms. The first-order chi connectivity index (χ1) is 8.51. The van der Waals surface area contributed by atoms with E-state index in [0.717, 1.165) is 0 Å². The van der Waals surface area contributed by atoms with E-state index in [1.807, 2.05) is 0 Å². The highest BCUT2D eigenvalue weighted by molar-refractivity contribution is 5.73. The number of ether oxygens (including phenoxy) is 2. The Morgan fingerprint density at radius 3 is 2.67 bits per heavy atom. The van der Waals surface area contributed by atoms with Gasteiger partial charge in [-0.2, -0.15) is 0 Å². The summed E-state index contributed by atoms with van der Waals surface area (Å²) in [5, 5.41) is 21.9. The SMILES string of the molecule is C=CCO[C@@H]1O[C@H](C=O)[C@@H](O)[C@H](O)[C@H]1NC(C)=O. The van der Waals surface area contributed by atoms with Gasteiger partial charge in [-0.15, -0.1) is 6.58 Å². The molecule has 1 heterocycles. The van der Waals surface area contributed by atoms with Crippen LogP contribution in [0.15, 0.2) is 12.7 Å². The Hall–Kier alpha value is -1.28. The van der Waals surface area contributed by atoms with E-state index in [2.05, 4.69) is 11.9 Å². The van der Waals surface area contributed by atoms with Crippen molar-refractivity contribution in [2.45, 2.75) is 37.6 Å². The van der Waals surface area contributed by atoms with Crippen molar-refractivity contribution in [3.05, 3.63) is 12.7 Å². The molecule has 0 saturated carbocycles.